The average Bonchev–Trinajstić information content (AvgIpc) is 2.43. The first-order valence-corrected chi connectivity index (χ1v) is 9.17. The largest absolute Gasteiger partial charge is 0.491 e. The average molecular weight is 313 g/mol. The Morgan fingerprint density at radius 3 is 2.40 bits per heavy atom. The molecule has 1 heterocycles. The molecule has 0 amide bonds. The predicted octanol–water partition coefficient (Wildman–Crippen LogP) is 3.22. The molecule has 0 aliphatic carbocycles. The molecule has 112 valence electrons. The van der Waals surface area contributed by atoms with Crippen molar-refractivity contribution in [1.29, 1.82) is 0 Å². The van der Waals surface area contributed by atoms with Crippen LogP contribution >= 0.6 is 23.5 Å². The topological polar surface area (TPSA) is 47.3 Å². The van der Waals surface area contributed by atoms with E-state index in [-0.39, 0.29) is 12.1 Å². The lowest BCUT2D eigenvalue weighted by Crippen LogP contribution is -2.40. The van der Waals surface area contributed by atoms with Gasteiger partial charge in [-0.2, -0.15) is 23.5 Å². The van der Waals surface area contributed by atoms with Crippen LogP contribution in [0.25, 0.3) is 0 Å². The number of nitrogens with one attached hydrogen (secondary N) is 1. The molecule has 1 saturated heterocycles. The minimum absolute atomic E-state index is 0.191. The van der Waals surface area contributed by atoms with E-state index in [1.54, 1.807) is 0 Å². The third-order valence-electron chi connectivity index (χ3n) is 3.36. The van der Waals surface area contributed by atoms with Crippen LogP contribution in [-0.4, -0.2) is 28.1 Å². The summed E-state index contributed by atoms with van der Waals surface area (Å²) in [6, 6.07) is 8.50. The van der Waals surface area contributed by atoms with E-state index < -0.39 is 0 Å². The number of thioether (sulfide) groups is 2. The summed E-state index contributed by atoms with van der Waals surface area (Å²) >= 11 is 4.05. The minimum Gasteiger partial charge on any atom is -0.491 e. The molecule has 3 unspecified atom stereocenters. The van der Waals surface area contributed by atoms with Crippen molar-refractivity contribution in [3.63, 3.8) is 0 Å². The molecular weight excluding hydrogens is 288 g/mol. The summed E-state index contributed by atoms with van der Waals surface area (Å²) in [5, 5.41) is 1.12. The minimum atomic E-state index is 0.191. The van der Waals surface area contributed by atoms with Gasteiger partial charge in [0.1, 0.15) is 5.75 Å². The summed E-state index contributed by atoms with van der Waals surface area (Å²) in [7, 11) is 0. The Morgan fingerprint density at radius 2 is 1.85 bits per heavy atom. The summed E-state index contributed by atoms with van der Waals surface area (Å²) in [6.07, 6.45) is 0.203. The monoisotopic (exact) mass is 312 g/mol. The Kier molecular flexibility index (Phi) is 6.08. The van der Waals surface area contributed by atoms with Crippen LogP contribution in [0.2, 0.25) is 0 Å². The summed E-state index contributed by atoms with van der Waals surface area (Å²) in [5.74, 6) is 9.17. The van der Waals surface area contributed by atoms with Crippen LogP contribution in [0.4, 0.5) is 0 Å². The zero-order valence-corrected chi connectivity index (χ0v) is 14.0. The van der Waals surface area contributed by atoms with Crippen LogP contribution in [0.1, 0.15) is 32.4 Å². The maximum absolute atomic E-state index is 5.81. The van der Waals surface area contributed by atoms with Crippen LogP contribution in [0.3, 0.4) is 0 Å². The molecule has 3 nitrogen and oxygen atoms in total. The van der Waals surface area contributed by atoms with Crippen molar-refractivity contribution in [3.05, 3.63) is 29.8 Å². The first-order chi connectivity index (χ1) is 9.61. The number of ether oxygens (including phenoxy) is 1. The van der Waals surface area contributed by atoms with E-state index in [0.717, 1.165) is 5.75 Å². The van der Waals surface area contributed by atoms with Gasteiger partial charge in [0.15, 0.2) is 0 Å². The number of hydrogen-bond donors (Lipinski definition) is 2. The van der Waals surface area contributed by atoms with Crippen molar-refractivity contribution in [3.8, 4) is 5.75 Å². The number of benzene rings is 1. The molecule has 0 bridgehead atoms. The van der Waals surface area contributed by atoms with E-state index in [2.05, 4.69) is 24.5 Å². The molecule has 2 rings (SSSR count). The molecule has 3 atom stereocenters. The molecule has 0 aromatic heterocycles. The summed E-state index contributed by atoms with van der Waals surface area (Å²) in [4.78, 5) is 0. The predicted molar refractivity (Wildman–Crippen MR) is 90.4 cm³/mol. The van der Waals surface area contributed by atoms with Gasteiger partial charge in [0, 0.05) is 22.0 Å². The quantitative estimate of drug-likeness (QED) is 0.646. The SMILES string of the molecule is CC(C)Oc1ccc(C(NN)C2SCCSC2C)cc1. The highest BCUT2D eigenvalue weighted by atomic mass is 32.2. The Labute approximate surface area is 130 Å². The lowest BCUT2D eigenvalue weighted by atomic mass is 10.0. The van der Waals surface area contributed by atoms with Crippen molar-refractivity contribution < 1.29 is 4.74 Å². The highest BCUT2D eigenvalue weighted by molar-refractivity contribution is 8.07. The van der Waals surface area contributed by atoms with Crippen molar-refractivity contribution in [2.24, 2.45) is 5.84 Å². The Balaban J connectivity index is 2.10. The molecule has 3 N–H and O–H groups in total. The van der Waals surface area contributed by atoms with Gasteiger partial charge in [0.05, 0.1) is 12.1 Å². The molecule has 1 fully saturated rings. The Hall–Kier alpha value is -0.360. The lowest BCUT2D eigenvalue weighted by molar-refractivity contribution is 0.242. The molecule has 20 heavy (non-hydrogen) atoms. The fourth-order valence-corrected chi connectivity index (χ4v) is 5.35. The first kappa shape index (κ1) is 16.0. The van der Waals surface area contributed by atoms with Gasteiger partial charge in [0.25, 0.3) is 0 Å². The van der Waals surface area contributed by atoms with Crippen molar-refractivity contribution in [1.82, 2.24) is 5.43 Å². The highest BCUT2D eigenvalue weighted by Gasteiger charge is 2.30. The second-order valence-corrected chi connectivity index (χ2v) is 8.06. The number of nitrogens with two attached hydrogens (primary N) is 1. The van der Waals surface area contributed by atoms with Gasteiger partial charge in [-0.3, -0.25) is 11.3 Å². The van der Waals surface area contributed by atoms with Crippen LogP contribution in [0, 0.1) is 0 Å². The second kappa shape index (κ2) is 7.59. The Morgan fingerprint density at radius 1 is 1.20 bits per heavy atom. The summed E-state index contributed by atoms with van der Waals surface area (Å²) < 4.78 is 5.69. The van der Waals surface area contributed by atoms with Crippen molar-refractivity contribution in [2.75, 3.05) is 11.5 Å². The van der Waals surface area contributed by atoms with E-state index in [0.29, 0.717) is 10.5 Å². The standard InChI is InChI=1S/C15H24N2OS2/c1-10(2)18-13-6-4-12(5-7-13)14(17-16)15-11(3)19-8-9-20-15/h4-7,10-11,14-15,17H,8-9,16H2,1-3H3. The molecule has 1 aromatic rings. The Bertz CT molecular complexity index is 411. The molecule has 0 radical (unpaired) electrons. The van der Waals surface area contributed by atoms with Crippen LogP contribution in [-0.2, 0) is 0 Å². The van der Waals surface area contributed by atoms with Gasteiger partial charge >= 0.3 is 0 Å². The van der Waals surface area contributed by atoms with Gasteiger partial charge in [0.2, 0.25) is 0 Å². The van der Waals surface area contributed by atoms with Crippen molar-refractivity contribution >= 4 is 23.5 Å². The van der Waals surface area contributed by atoms with E-state index in [1.165, 1.54) is 17.1 Å². The fraction of sp³-hybridized carbons (Fsp3) is 0.600. The van der Waals surface area contributed by atoms with Gasteiger partial charge in [-0.25, -0.2) is 0 Å². The maximum atomic E-state index is 5.81. The molecule has 5 heteroatoms. The van der Waals surface area contributed by atoms with Gasteiger partial charge in [-0.05, 0) is 31.5 Å². The molecule has 1 aliphatic heterocycles. The molecule has 1 aliphatic rings. The zero-order valence-electron chi connectivity index (χ0n) is 12.3. The lowest BCUT2D eigenvalue weighted by Gasteiger charge is -2.34. The van der Waals surface area contributed by atoms with E-state index in [1.807, 2.05) is 49.5 Å². The zero-order chi connectivity index (χ0) is 14.5. The molecule has 0 spiro atoms. The van der Waals surface area contributed by atoms with Crippen LogP contribution < -0.4 is 16.0 Å². The maximum Gasteiger partial charge on any atom is 0.119 e. The number of rotatable bonds is 5. The number of hydrazine groups is 1. The molecule has 0 saturated carbocycles. The number of hydrogen-bond acceptors (Lipinski definition) is 5. The summed E-state index contributed by atoms with van der Waals surface area (Å²) in [5.41, 5.74) is 4.24. The van der Waals surface area contributed by atoms with Crippen LogP contribution in [0.5, 0.6) is 5.75 Å². The van der Waals surface area contributed by atoms with Gasteiger partial charge in [-0.15, -0.1) is 0 Å². The first-order valence-electron chi connectivity index (χ1n) is 7.07. The fourth-order valence-electron chi connectivity index (χ4n) is 2.42. The van der Waals surface area contributed by atoms with E-state index >= 15 is 0 Å². The van der Waals surface area contributed by atoms with E-state index in [9.17, 15) is 0 Å². The normalized spacial score (nSPS) is 24.6. The molecule has 1 aromatic carbocycles. The third kappa shape index (κ3) is 4.07. The second-order valence-electron chi connectivity index (χ2n) is 5.29. The highest BCUT2D eigenvalue weighted by Crippen LogP contribution is 2.38. The van der Waals surface area contributed by atoms with Gasteiger partial charge < -0.3 is 4.74 Å². The van der Waals surface area contributed by atoms with Crippen molar-refractivity contribution in [2.45, 2.75) is 43.4 Å². The van der Waals surface area contributed by atoms with Gasteiger partial charge in [-0.1, -0.05) is 19.1 Å². The smallest absolute Gasteiger partial charge is 0.119 e. The van der Waals surface area contributed by atoms with E-state index in [4.69, 9.17) is 10.6 Å². The summed E-state index contributed by atoms with van der Waals surface area (Å²) in [6.45, 7) is 6.37. The molecular formula is C15H24N2OS2. The third-order valence-corrected chi connectivity index (χ3v) is 6.55. The van der Waals surface area contributed by atoms with Crippen LogP contribution in [0.15, 0.2) is 24.3 Å².